The number of hydrogen-bond donors (Lipinski definition) is 0. The van der Waals surface area contributed by atoms with Crippen molar-refractivity contribution in [2.75, 3.05) is 0 Å². The van der Waals surface area contributed by atoms with Gasteiger partial charge in [-0.1, -0.05) is 200 Å². The predicted octanol–water partition coefficient (Wildman–Crippen LogP) is 14.6. The third-order valence-corrected chi connectivity index (χ3v) is 15.1. The molecule has 0 aliphatic heterocycles. The zero-order valence-corrected chi connectivity index (χ0v) is 35.2. The van der Waals surface area contributed by atoms with Crippen molar-refractivity contribution in [3.05, 3.63) is 269 Å². The molecule has 0 saturated heterocycles. The number of fused-ring (bicyclic) bond motifs is 22. The molecule has 3 nitrogen and oxygen atoms in total. The lowest BCUT2D eigenvalue weighted by Crippen LogP contribution is -2.43. The molecule has 0 radical (unpaired) electrons. The minimum absolute atomic E-state index is 0.496. The van der Waals surface area contributed by atoms with Crippen molar-refractivity contribution in [3.63, 3.8) is 0 Å². The number of para-hydroxylation sites is 1. The zero-order valence-electron chi connectivity index (χ0n) is 35.2. The quantitative estimate of drug-likeness (QED) is 0.174. The Labute approximate surface area is 375 Å². The Hall–Kier alpha value is -8.40. The largest absolute Gasteiger partial charge is 0.278 e. The third kappa shape index (κ3) is 4.26. The van der Waals surface area contributed by atoms with E-state index in [2.05, 4.69) is 229 Å². The second kappa shape index (κ2) is 12.6. The predicted molar refractivity (Wildman–Crippen MR) is 265 cm³/mol. The molecule has 0 N–H and O–H groups in total. The van der Waals surface area contributed by atoms with Crippen LogP contribution in [-0.2, 0) is 10.8 Å². The monoisotopic (exact) mass is 823 g/mol. The van der Waals surface area contributed by atoms with E-state index in [4.69, 9.17) is 9.97 Å². The van der Waals surface area contributed by atoms with Gasteiger partial charge < -0.3 is 0 Å². The maximum absolute atomic E-state index is 5.50. The summed E-state index contributed by atoms with van der Waals surface area (Å²) in [6, 6.07) is 83.4. The van der Waals surface area contributed by atoms with Crippen LogP contribution in [0.2, 0.25) is 0 Å². The Balaban J connectivity index is 1.10. The number of benzene rings is 10. The summed E-state index contributed by atoms with van der Waals surface area (Å²) in [7, 11) is 0. The fourth-order valence-electron chi connectivity index (χ4n) is 12.7. The lowest BCUT2D eigenvalue weighted by atomic mass is 9.52. The molecular formula is C62H37N3. The number of hydrogen-bond acceptors (Lipinski definition) is 2. The van der Waals surface area contributed by atoms with Gasteiger partial charge in [0.15, 0.2) is 0 Å². The molecule has 2 spiro atoms. The van der Waals surface area contributed by atoms with Crippen LogP contribution in [0.25, 0.3) is 82.9 Å². The van der Waals surface area contributed by atoms with E-state index in [1.165, 1.54) is 88.3 Å². The molecule has 2 heterocycles. The smallest absolute Gasteiger partial charge is 0.235 e. The normalized spacial score (nSPS) is 14.4. The van der Waals surface area contributed by atoms with Crippen molar-refractivity contribution >= 4 is 43.5 Å². The highest BCUT2D eigenvalue weighted by molar-refractivity contribution is 6.22. The van der Waals surface area contributed by atoms with E-state index in [9.17, 15) is 0 Å². The molecule has 0 bridgehead atoms. The van der Waals surface area contributed by atoms with E-state index in [0.717, 1.165) is 33.2 Å². The van der Waals surface area contributed by atoms with Crippen molar-refractivity contribution in [1.82, 2.24) is 14.5 Å². The molecule has 12 aromatic rings. The van der Waals surface area contributed by atoms with Gasteiger partial charge in [0.1, 0.15) is 0 Å². The minimum Gasteiger partial charge on any atom is -0.278 e. The standard InChI is InChI=1S/C62H37N3/c1-2-19-39(20-3-1)59-44-25-9-17-33-55(44)63-60(64-59)65-56-35-34-38-18-4-5-21-40(38)58(56)46-36-54-45(37-57(46)65)43-24-8-12-28-49(43)62(54)52-31-15-13-29-50(52)61(51-30-14-16-32-53(51)62)47-26-10-6-22-41(47)42-23-7-11-27-48(42)61/h1-37H. The van der Waals surface area contributed by atoms with Crippen LogP contribution in [0, 0.1) is 0 Å². The van der Waals surface area contributed by atoms with Gasteiger partial charge in [0, 0.05) is 21.7 Å². The molecule has 15 rings (SSSR count). The average molecular weight is 824 g/mol. The third-order valence-electron chi connectivity index (χ3n) is 15.1. The van der Waals surface area contributed by atoms with Crippen LogP contribution in [0.5, 0.6) is 0 Å². The molecule has 10 aromatic carbocycles. The van der Waals surface area contributed by atoms with Crippen LogP contribution < -0.4 is 0 Å². The molecule has 2 aromatic heterocycles. The summed E-state index contributed by atoms with van der Waals surface area (Å²) < 4.78 is 2.33. The summed E-state index contributed by atoms with van der Waals surface area (Å²) in [6.07, 6.45) is 0. The van der Waals surface area contributed by atoms with Crippen LogP contribution in [-0.4, -0.2) is 14.5 Å². The van der Waals surface area contributed by atoms with Crippen molar-refractivity contribution in [1.29, 1.82) is 0 Å². The first-order valence-electron chi connectivity index (χ1n) is 22.6. The van der Waals surface area contributed by atoms with Crippen LogP contribution in [0.15, 0.2) is 224 Å². The molecule has 3 aliphatic carbocycles. The molecule has 3 heteroatoms. The number of rotatable bonds is 2. The molecule has 65 heavy (non-hydrogen) atoms. The second-order valence-corrected chi connectivity index (χ2v) is 17.9. The van der Waals surface area contributed by atoms with Crippen molar-refractivity contribution in [2.45, 2.75) is 10.8 Å². The average Bonchev–Trinajstić information content (AvgIpc) is 3.97. The summed E-state index contributed by atoms with van der Waals surface area (Å²) in [4.78, 5) is 10.9. The van der Waals surface area contributed by atoms with Gasteiger partial charge in [-0.25, -0.2) is 9.97 Å². The number of nitrogens with zero attached hydrogens (tertiary/aromatic N) is 3. The molecular weight excluding hydrogens is 787 g/mol. The minimum atomic E-state index is -0.607. The zero-order chi connectivity index (χ0) is 42.4. The van der Waals surface area contributed by atoms with Crippen molar-refractivity contribution < 1.29 is 0 Å². The molecule has 0 saturated carbocycles. The summed E-state index contributed by atoms with van der Waals surface area (Å²) in [5, 5.41) is 5.84. The van der Waals surface area contributed by atoms with E-state index in [1.807, 2.05) is 0 Å². The summed E-state index contributed by atoms with van der Waals surface area (Å²) >= 11 is 0. The SMILES string of the molecule is c1ccc(-c2nc(-n3c4cc5c(cc4c4c6ccccc6ccc43)C3(c4ccccc4-5)c4ccccc4C4(c5ccccc5-c5ccccc54)c4ccccc43)nc3ccccc23)cc1. The van der Waals surface area contributed by atoms with Crippen LogP contribution in [0.3, 0.4) is 0 Å². The van der Waals surface area contributed by atoms with Gasteiger partial charge in [-0.2, -0.15) is 0 Å². The van der Waals surface area contributed by atoms with Crippen LogP contribution in [0.4, 0.5) is 0 Å². The van der Waals surface area contributed by atoms with Gasteiger partial charge in [-0.05, 0) is 102 Å². The fourth-order valence-corrected chi connectivity index (χ4v) is 12.7. The highest BCUT2D eigenvalue weighted by Gasteiger charge is 2.59. The van der Waals surface area contributed by atoms with E-state index in [1.54, 1.807) is 0 Å². The molecule has 3 aliphatic rings. The first-order valence-corrected chi connectivity index (χ1v) is 22.6. The first kappa shape index (κ1) is 35.1. The number of aromatic nitrogens is 3. The molecule has 0 amide bonds. The van der Waals surface area contributed by atoms with Gasteiger partial charge >= 0.3 is 0 Å². The molecule has 0 atom stereocenters. The van der Waals surface area contributed by atoms with Crippen molar-refractivity contribution in [2.24, 2.45) is 0 Å². The second-order valence-electron chi connectivity index (χ2n) is 17.9. The maximum atomic E-state index is 5.50. The van der Waals surface area contributed by atoms with Gasteiger partial charge in [0.2, 0.25) is 5.95 Å². The van der Waals surface area contributed by atoms with Crippen LogP contribution in [0.1, 0.15) is 44.5 Å². The Morgan fingerprint density at radius 1 is 0.323 bits per heavy atom. The lowest BCUT2D eigenvalue weighted by Gasteiger charge is -2.48. The van der Waals surface area contributed by atoms with Crippen molar-refractivity contribution in [3.8, 4) is 39.5 Å². The Morgan fingerprint density at radius 3 is 1.45 bits per heavy atom. The van der Waals surface area contributed by atoms with Gasteiger partial charge in [-0.3, -0.25) is 4.57 Å². The van der Waals surface area contributed by atoms with E-state index >= 15 is 0 Å². The van der Waals surface area contributed by atoms with E-state index < -0.39 is 10.8 Å². The van der Waals surface area contributed by atoms with Gasteiger partial charge in [-0.15, -0.1) is 0 Å². The molecule has 0 unspecified atom stereocenters. The Morgan fingerprint density at radius 2 is 0.815 bits per heavy atom. The summed E-state index contributed by atoms with van der Waals surface area (Å²) in [5.41, 5.74) is 19.7. The van der Waals surface area contributed by atoms with E-state index in [-0.39, 0.29) is 0 Å². The van der Waals surface area contributed by atoms with Gasteiger partial charge in [0.05, 0.1) is 33.1 Å². The van der Waals surface area contributed by atoms with Gasteiger partial charge in [0.25, 0.3) is 0 Å². The maximum Gasteiger partial charge on any atom is 0.235 e. The highest BCUT2D eigenvalue weighted by Crippen LogP contribution is 2.67. The molecule has 300 valence electrons. The van der Waals surface area contributed by atoms with E-state index in [0.29, 0.717) is 5.95 Å². The topological polar surface area (TPSA) is 30.7 Å². The Kier molecular flexibility index (Phi) is 6.82. The fraction of sp³-hybridized carbons (Fsp3) is 0.0323. The van der Waals surface area contributed by atoms with Crippen LogP contribution >= 0.6 is 0 Å². The lowest BCUT2D eigenvalue weighted by molar-refractivity contribution is 0.633. The molecule has 0 fully saturated rings. The summed E-state index contributed by atoms with van der Waals surface area (Å²) in [6.45, 7) is 0. The first-order chi connectivity index (χ1) is 32.3. The Bertz CT molecular complexity index is 3930. The highest BCUT2D eigenvalue weighted by atomic mass is 15.2. The summed E-state index contributed by atoms with van der Waals surface area (Å²) in [5.74, 6) is 0.660.